The minimum atomic E-state index is -0.987. The Kier molecular flexibility index (Phi) is 1.31. The van der Waals surface area contributed by atoms with E-state index in [-0.39, 0.29) is 5.92 Å². The van der Waals surface area contributed by atoms with Gasteiger partial charge in [-0.25, -0.2) is 0 Å². The first-order valence-corrected chi connectivity index (χ1v) is 4.11. The fraction of sp³-hybridized carbons (Fsp3) is 0.625. The average Bonchev–Trinajstić information content (AvgIpc) is 2.45. The van der Waals surface area contributed by atoms with Crippen molar-refractivity contribution < 1.29 is 9.90 Å². The molecule has 11 heavy (non-hydrogen) atoms. The van der Waals surface area contributed by atoms with Gasteiger partial charge >= 0.3 is 5.97 Å². The fourth-order valence-electron chi connectivity index (χ4n) is 2.04. The van der Waals surface area contributed by atoms with Gasteiger partial charge in [0.05, 0.1) is 0 Å². The SMILES string of the molecule is O=C(O)[C@]1(Cl)C[C@H]2C=C[C@H]1C2. The molecule has 0 unspecified atom stereocenters. The topological polar surface area (TPSA) is 37.3 Å². The maximum atomic E-state index is 10.7. The van der Waals surface area contributed by atoms with Crippen molar-refractivity contribution >= 4 is 17.6 Å². The Balaban J connectivity index is 2.30. The number of rotatable bonds is 1. The summed E-state index contributed by atoms with van der Waals surface area (Å²) in [6, 6.07) is 0. The summed E-state index contributed by atoms with van der Waals surface area (Å²) in [5.74, 6) is -0.392. The summed E-state index contributed by atoms with van der Waals surface area (Å²) in [4.78, 5) is 9.76. The molecular formula is C8H9ClO2. The van der Waals surface area contributed by atoms with Gasteiger partial charge in [0.15, 0.2) is 0 Å². The molecule has 3 atom stereocenters. The maximum absolute atomic E-state index is 10.7. The molecule has 3 heteroatoms. The second kappa shape index (κ2) is 2.01. The molecule has 1 saturated carbocycles. The second-order valence-corrected chi connectivity index (χ2v) is 4.03. The van der Waals surface area contributed by atoms with Crippen LogP contribution in [-0.2, 0) is 4.79 Å². The van der Waals surface area contributed by atoms with Crippen LogP contribution in [0.1, 0.15) is 12.8 Å². The number of hydrogen-bond acceptors (Lipinski definition) is 1. The molecule has 0 aliphatic heterocycles. The third kappa shape index (κ3) is 0.822. The highest BCUT2D eigenvalue weighted by Gasteiger charge is 2.52. The Hall–Kier alpha value is -0.500. The number of alkyl halides is 1. The predicted octanol–water partition coefficient (Wildman–Crippen LogP) is 1.64. The number of hydrogen-bond donors (Lipinski definition) is 1. The van der Waals surface area contributed by atoms with Gasteiger partial charge in [0, 0.05) is 5.92 Å². The first kappa shape index (κ1) is 7.17. The lowest BCUT2D eigenvalue weighted by atomic mass is 9.93. The summed E-state index contributed by atoms with van der Waals surface area (Å²) in [7, 11) is 0. The van der Waals surface area contributed by atoms with Gasteiger partial charge in [0.25, 0.3) is 0 Å². The van der Waals surface area contributed by atoms with Crippen molar-refractivity contribution in [2.45, 2.75) is 17.7 Å². The molecule has 0 heterocycles. The van der Waals surface area contributed by atoms with Crippen LogP contribution in [0, 0.1) is 11.8 Å². The third-order valence-corrected chi connectivity index (χ3v) is 3.27. The quantitative estimate of drug-likeness (QED) is 0.482. The van der Waals surface area contributed by atoms with Crippen molar-refractivity contribution in [2.75, 3.05) is 0 Å². The molecule has 2 aliphatic rings. The van der Waals surface area contributed by atoms with E-state index in [1.807, 2.05) is 6.08 Å². The lowest BCUT2D eigenvalue weighted by molar-refractivity contribution is -0.140. The Morgan fingerprint density at radius 1 is 1.64 bits per heavy atom. The van der Waals surface area contributed by atoms with Crippen molar-refractivity contribution in [3.63, 3.8) is 0 Å². The molecule has 60 valence electrons. The van der Waals surface area contributed by atoms with Crippen LogP contribution in [0.2, 0.25) is 0 Å². The molecule has 2 rings (SSSR count). The highest BCUT2D eigenvalue weighted by molar-refractivity contribution is 6.34. The molecule has 1 N–H and O–H groups in total. The highest BCUT2D eigenvalue weighted by atomic mass is 35.5. The highest BCUT2D eigenvalue weighted by Crippen LogP contribution is 2.50. The predicted molar refractivity (Wildman–Crippen MR) is 41.6 cm³/mol. The largest absolute Gasteiger partial charge is 0.480 e. The Labute approximate surface area is 69.9 Å². The molecule has 0 aromatic carbocycles. The number of halogens is 1. The molecule has 2 bridgehead atoms. The first-order chi connectivity index (χ1) is 5.13. The number of carbonyl (C=O) groups is 1. The van der Waals surface area contributed by atoms with Gasteiger partial charge < -0.3 is 5.11 Å². The minimum absolute atomic E-state index is 0.0617. The summed E-state index contributed by atoms with van der Waals surface area (Å²) in [6.07, 6.45) is 5.55. The van der Waals surface area contributed by atoms with Crippen LogP contribution in [-0.4, -0.2) is 16.0 Å². The average molecular weight is 173 g/mol. The van der Waals surface area contributed by atoms with E-state index < -0.39 is 10.8 Å². The minimum Gasteiger partial charge on any atom is -0.480 e. The smallest absolute Gasteiger partial charge is 0.325 e. The molecular weight excluding hydrogens is 164 g/mol. The van der Waals surface area contributed by atoms with Gasteiger partial charge in [-0.15, -0.1) is 11.6 Å². The van der Waals surface area contributed by atoms with Crippen LogP contribution in [0.5, 0.6) is 0 Å². The molecule has 2 aliphatic carbocycles. The maximum Gasteiger partial charge on any atom is 0.325 e. The fourth-order valence-corrected chi connectivity index (χ4v) is 2.40. The number of aliphatic carboxylic acids is 1. The number of carboxylic acid groups (broad SMARTS) is 1. The van der Waals surface area contributed by atoms with Crippen LogP contribution in [0.4, 0.5) is 0 Å². The molecule has 0 radical (unpaired) electrons. The molecule has 1 fully saturated rings. The van der Waals surface area contributed by atoms with Crippen molar-refractivity contribution in [1.82, 2.24) is 0 Å². The summed E-state index contributed by atoms with van der Waals surface area (Å²) in [5.41, 5.74) is 0. The van der Waals surface area contributed by atoms with Gasteiger partial charge in [-0.05, 0) is 18.8 Å². The lowest BCUT2D eigenvalue weighted by Gasteiger charge is -2.22. The van der Waals surface area contributed by atoms with E-state index >= 15 is 0 Å². The number of fused-ring (bicyclic) bond motifs is 2. The van der Waals surface area contributed by atoms with Crippen LogP contribution >= 0.6 is 11.6 Å². The summed E-state index contributed by atoms with van der Waals surface area (Å²) in [6.45, 7) is 0. The van der Waals surface area contributed by atoms with Crippen molar-refractivity contribution in [1.29, 1.82) is 0 Å². The van der Waals surface area contributed by atoms with Crippen LogP contribution < -0.4 is 0 Å². The van der Waals surface area contributed by atoms with Gasteiger partial charge in [0.2, 0.25) is 0 Å². The normalized spacial score (nSPS) is 46.6. The molecule has 0 aromatic heterocycles. The van der Waals surface area contributed by atoms with Gasteiger partial charge in [-0.2, -0.15) is 0 Å². The second-order valence-electron chi connectivity index (χ2n) is 3.36. The monoisotopic (exact) mass is 172 g/mol. The number of carboxylic acids is 1. The third-order valence-electron chi connectivity index (χ3n) is 2.67. The number of allylic oxidation sites excluding steroid dienone is 2. The van der Waals surface area contributed by atoms with Crippen molar-refractivity contribution in [3.05, 3.63) is 12.2 Å². The summed E-state index contributed by atoms with van der Waals surface area (Å²) < 4.78 is 0. The van der Waals surface area contributed by atoms with Crippen LogP contribution in [0.3, 0.4) is 0 Å². The van der Waals surface area contributed by atoms with E-state index in [4.69, 9.17) is 16.7 Å². The molecule has 2 nitrogen and oxygen atoms in total. The van der Waals surface area contributed by atoms with Gasteiger partial charge in [0.1, 0.15) is 4.87 Å². The first-order valence-electron chi connectivity index (χ1n) is 3.73. The molecule has 0 aromatic rings. The zero-order chi connectivity index (χ0) is 8.06. The standard InChI is InChI=1S/C8H9ClO2/c9-8(7(10)11)4-5-1-2-6(8)3-5/h1-2,5-6H,3-4H2,(H,10,11)/t5-,6-,8-/m0/s1. The van der Waals surface area contributed by atoms with E-state index in [1.54, 1.807) is 0 Å². The van der Waals surface area contributed by atoms with E-state index in [2.05, 4.69) is 6.08 Å². The lowest BCUT2D eigenvalue weighted by Crippen LogP contribution is -2.36. The van der Waals surface area contributed by atoms with E-state index in [0.717, 1.165) is 6.42 Å². The molecule has 0 amide bonds. The van der Waals surface area contributed by atoms with Gasteiger partial charge in [-0.1, -0.05) is 12.2 Å². The molecule has 0 saturated heterocycles. The van der Waals surface area contributed by atoms with E-state index in [9.17, 15) is 4.79 Å². The Morgan fingerprint density at radius 3 is 2.64 bits per heavy atom. The Morgan fingerprint density at radius 2 is 2.36 bits per heavy atom. The van der Waals surface area contributed by atoms with Gasteiger partial charge in [-0.3, -0.25) is 4.79 Å². The van der Waals surface area contributed by atoms with Crippen LogP contribution in [0.25, 0.3) is 0 Å². The summed E-state index contributed by atoms with van der Waals surface area (Å²) >= 11 is 5.95. The molecule has 0 spiro atoms. The summed E-state index contributed by atoms with van der Waals surface area (Å²) in [5, 5.41) is 8.83. The zero-order valence-electron chi connectivity index (χ0n) is 5.96. The Bertz CT molecular complexity index is 236. The van der Waals surface area contributed by atoms with Crippen molar-refractivity contribution in [2.24, 2.45) is 11.8 Å². The van der Waals surface area contributed by atoms with Crippen molar-refractivity contribution in [3.8, 4) is 0 Å². The van der Waals surface area contributed by atoms with E-state index in [0.29, 0.717) is 12.3 Å². The van der Waals surface area contributed by atoms with E-state index in [1.165, 1.54) is 0 Å². The van der Waals surface area contributed by atoms with Crippen LogP contribution in [0.15, 0.2) is 12.2 Å². The zero-order valence-corrected chi connectivity index (χ0v) is 6.71.